The van der Waals surface area contributed by atoms with E-state index in [9.17, 15) is 4.79 Å². The summed E-state index contributed by atoms with van der Waals surface area (Å²) in [6.07, 6.45) is 2.06. The molecule has 0 unspecified atom stereocenters. The number of carbonyl (C=O) groups is 1. The lowest BCUT2D eigenvalue weighted by Gasteiger charge is -2.39. The number of carbonyl (C=O) groups excluding carboxylic acids is 1. The first-order valence-corrected chi connectivity index (χ1v) is 8.39. The van der Waals surface area contributed by atoms with Crippen molar-refractivity contribution in [3.63, 3.8) is 0 Å². The van der Waals surface area contributed by atoms with Crippen LogP contribution in [-0.2, 0) is 10.3 Å². The second-order valence-corrected chi connectivity index (χ2v) is 6.82. The van der Waals surface area contributed by atoms with Crippen molar-refractivity contribution in [3.05, 3.63) is 41.6 Å². The second-order valence-electron chi connectivity index (χ2n) is 6.82. The zero-order valence-electron chi connectivity index (χ0n) is 14.9. The molecule has 1 aromatic carbocycles. The topological polar surface area (TPSA) is 84.9 Å². The van der Waals surface area contributed by atoms with Gasteiger partial charge in [0.15, 0.2) is 5.96 Å². The maximum Gasteiger partial charge on any atom is 0.231 e. The molecule has 0 radical (unpaired) electrons. The lowest BCUT2D eigenvalue weighted by molar-refractivity contribution is -0.129. The van der Waals surface area contributed by atoms with Gasteiger partial charge in [-0.25, -0.2) is 4.98 Å². The number of fused-ring (bicyclic) bond motifs is 3. The van der Waals surface area contributed by atoms with Gasteiger partial charge in [0.2, 0.25) is 5.91 Å². The normalized spacial score (nSPS) is 20.2. The molecule has 4 rings (SSSR count). The number of guanidine groups is 1. The van der Waals surface area contributed by atoms with Gasteiger partial charge in [-0.05, 0) is 37.6 Å². The van der Waals surface area contributed by atoms with Crippen molar-refractivity contribution in [3.8, 4) is 11.8 Å². The number of hydrogen-bond donors (Lipinski definition) is 3. The van der Waals surface area contributed by atoms with Gasteiger partial charge in [0, 0.05) is 35.1 Å². The molecule has 0 aliphatic carbocycles. The summed E-state index contributed by atoms with van der Waals surface area (Å²) in [6.45, 7) is 3.75. The number of nitrogens with one attached hydrogen (secondary N) is 3. The number of benzene rings is 1. The van der Waals surface area contributed by atoms with E-state index in [1.807, 2.05) is 25.1 Å². The van der Waals surface area contributed by atoms with Crippen LogP contribution in [0.25, 0.3) is 21.9 Å². The molecule has 26 heavy (non-hydrogen) atoms. The highest BCUT2D eigenvalue weighted by molar-refractivity contribution is 6.06. The van der Waals surface area contributed by atoms with Crippen LogP contribution in [0.2, 0.25) is 0 Å². The Balaban J connectivity index is 1.87. The lowest BCUT2D eigenvalue weighted by atomic mass is 9.86. The van der Waals surface area contributed by atoms with Crippen molar-refractivity contribution in [1.82, 2.24) is 20.2 Å². The van der Waals surface area contributed by atoms with Crippen LogP contribution in [0, 0.1) is 17.3 Å². The number of nitrogens with zero attached hydrogens (tertiary/aromatic N) is 2. The van der Waals surface area contributed by atoms with Crippen molar-refractivity contribution in [2.75, 3.05) is 7.05 Å². The van der Waals surface area contributed by atoms with Crippen molar-refractivity contribution >= 4 is 33.8 Å². The molecule has 6 heteroatoms. The summed E-state index contributed by atoms with van der Waals surface area (Å²) in [5, 5.41) is 13.2. The smallest absolute Gasteiger partial charge is 0.231 e. The number of aromatic nitrogens is 2. The van der Waals surface area contributed by atoms with Gasteiger partial charge in [-0.1, -0.05) is 12.0 Å². The lowest BCUT2D eigenvalue weighted by Crippen LogP contribution is -2.58. The second kappa shape index (κ2) is 5.60. The standard InChI is InChI=1S/C20H19N5O/c1-4-5-12-8-15-14-9-13(6-7-16(14)23-18(15)22-11-12)20(2)10-17(26)25(3)19(21)24-20/h6-9,11H,10H2,1-3H3,(H2,21,24)(H,22,23)/t20-/m0/s1. The molecule has 6 nitrogen and oxygen atoms in total. The van der Waals surface area contributed by atoms with Crippen LogP contribution in [0.3, 0.4) is 0 Å². The van der Waals surface area contributed by atoms with Gasteiger partial charge in [-0.3, -0.25) is 15.1 Å². The highest BCUT2D eigenvalue weighted by atomic mass is 16.2. The number of hydrogen-bond acceptors (Lipinski definition) is 3. The minimum Gasteiger partial charge on any atom is -0.346 e. The number of pyridine rings is 1. The van der Waals surface area contributed by atoms with E-state index in [0.717, 1.165) is 33.1 Å². The molecular weight excluding hydrogens is 326 g/mol. The molecule has 3 heterocycles. The van der Waals surface area contributed by atoms with Crippen molar-refractivity contribution in [2.45, 2.75) is 25.8 Å². The van der Waals surface area contributed by atoms with Crippen LogP contribution in [0.4, 0.5) is 0 Å². The highest BCUT2D eigenvalue weighted by Crippen LogP contribution is 2.33. The first-order valence-electron chi connectivity index (χ1n) is 8.39. The van der Waals surface area contributed by atoms with Gasteiger partial charge < -0.3 is 10.3 Å². The van der Waals surface area contributed by atoms with Crippen LogP contribution in [0.5, 0.6) is 0 Å². The minimum atomic E-state index is -0.618. The largest absolute Gasteiger partial charge is 0.346 e. The Labute approximate surface area is 151 Å². The van der Waals surface area contributed by atoms with Gasteiger partial charge >= 0.3 is 0 Å². The fourth-order valence-electron chi connectivity index (χ4n) is 3.44. The fourth-order valence-corrected chi connectivity index (χ4v) is 3.44. The van der Waals surface area contributed by atoms with E-state index in [-0.39, 0.29) is 11.9 Å². The van der Waals surface area contributed by atoms with Gasteiger partial charge in [0.25, 0.3) is 0 Å². The monoisotopic (exact) mass is 345 g/mol. The third kappa shape index (κ3) is 2.40. The molecule has 130 valence electrons. The Kier molecular flexibility index (Phi) is 3.48. The summed E-state index contributed by atoms with van der Waals surface area (Å²) in [5.74, 6) is 5.98. The molecular formula is C20H19N5O. The molecule has 1 amide bonds. The zero-order valence-corrected chi connectivity index (χ0v) is 14.9. The molecule has 3 N–H and O–H groups in total. The molecule has 0 spiro atoms. The summed E-state index contributed by atoms with van der Waals surface area (Å²) in [5.41, 5.74) is 3.00. The van der Waals surface area contributed by atoms with E-state index in [1.54, 1.807) is 20.2 Å². The first kappa shape index (κ1) is 16.2. The van der Waals surface area contributed by atoms with E-state index in [0.29, 0.717) is 6.42 Å². The van der Waals surface area contributed by atoms with Crippen LogP contribution in [0.15, 0.2) is 30.5 Å². The fraction of sp³-hybridized carbons (Fsp3) is 0.250. The Morgan fingerprint density at radius 2 is 2.12 bits per heavy atom. The Bertz CT molecular complexity index is 1110. The molecule has 2 aromatic heterocycles. The molecule has 1 saturated heterocycles. The molecule has 1 atom stereocenters. The number of aromatic amines is 1. The van der Waals surface area contributed by atoms with E-state index >= 15 is 0 Å². The third-order valence-electron chi connectivity index (χ3n) is 4.97. The molecule has 0 bridgehead atoms. The SMILES string of the molecule is CC#Cc1cnc2[nH]c3ccc([C@]4(C)CC(=O)N(C)C(=N)N4)cc3c2c1. The quantitative estimate of drug-likeness (QED) is 0.593. The average Bonchev–Trinajstić information content (AvgIpc) is 2.97. The first-order chi connectivity index (χ1) is 12.4. The molecule has 1 aliphatic rings. The maximum atomic E-state index is 12.2. The van der Waals surface area contributed by atoms with Crippen LogP contribution < -0.4 is 5.32 Å². The van der Waals surface area contributed by atoms with Gasteiger partial charge in [0.05, 0.1) is 12.0 Å². The predicted molar refractivity (Wildman–Crippen MR) is 102 cm³/mol. The minimum absolute atomic E-state index is 0.0718. The summed E-state index contributed by atoms with van der Waals surface area (Å²) in [6, 6.07) is 8.08. The Morgan fingerprint density at radius 1 is 1.31 bits per heavy atom. The molecule has 1 aliphatic heterocycles. The van der Waals surface area contributed by atoms with E-state index in [4.69, 9.17) is 5.41 Å². The van der Waals surface area contributed by atoms with Crippen LogP contribution in [0.1, 0.15) is 31.4 Å². The Morgan fingerprint density at radius 3 is 2.85 bits per heavy atom. The maximum absolute atomic E-state index is 12.2. The molecule has 1 fully saturated rings. The van der Waals surface area contributed by atoms with Gasteiger partial charge in [-0.2, -0.15) is 0 Å². The average molecular weight is 345 g/mol. The summed E-state index contributed by atoms with van der Waals surface area (Å²) >= 11 is 0. The number of amides is 1. The molecule has 0 saturated carbocycles. The summed E-state index contributed by atoms with van der Waals surface area (Å²) in [4.78, 5) is 21.4. The predicted octanol–water partition coefficient (Wildman–Crippen LogP) is 2.69. The number of rotatable bonds is 1. The van der Waals surface area contributed by atoms with Crippen LogP contribution >= 0.6 is 0 Å². The van der Waals surface area contributed by atoms with E-state index < -0.39 is 5.54 Å². The van der Waals surface area contributed by atoms with Gasteiger partial charge in [-0.15, -0.1) is 5.92 Å². The van der Waals surface area contributed by atoms with Crippen molar-refractivity contribution in [2.24, 2.45) is 0 Å². The van der Waals surface area contributed by atoms with Crippen molar-refractivity contribution in [1.29, 1.82) is 5.41 Å². The molecule has 3 aromatic rings. The van der Waals surface area contributed by atoms with Crippen LogP contribution in [-0.4, -0.2) is 33.8 Å². The third-order valence-corrected chi connectivity index (χ3v) is 4.97. The van der Waals surface area contributed by atoms with Crippen molar-refractivity contribution < 1.29 is 4.79 Å². The number of H-pyrrole nitrogens is 1. The van der Waals surface area contributed by atoms with E-state index in [1.165, 1.54) is 4.90 Å². The zero-order chi connectivity index (χ0) is 18.5. The summed E-state index contributed by atoms with van der Waals surface area (Å²) < 4.78 is 0. The van der Waals surface area contributed by atoms with E-state index in [2.05, 4.69) is 33.2 Å². The van der Waals surface area contributed by atoms with Gasteiger partial charge in [0.1, 0.15) is 5.65 Å². The summed E-state index contributed by atoms with van der Waals surface area (Å²) in [7, 11) is 1.61. The highest BCUT2D eigenvalue weighted by Gasteiger charge is 2.38. The Hall–Kier alpha value is -3.33.